The minimum atomic E-state index is -4.74. The van der Waals surface area contributed by atoms with Crippen molar-refractivity contribution in [3.05, 3.63) is 52.8 Å². The highest BCUT2D eigenvalue weighted by Crippen LogP contribution is 2.40. The molecule has 2 aromatic heterocycles. The summed E-state index contributed by atoms with van der Waals surface area (Å²) in [5.41, 5.74) is -1.67. The first kappa shape index (κ1) is 23.0. The maximum atomic E-state index is 13.7. The van der Waals surface area contributed by atoms with Crippen LogP contribution in [-0.2, 0) is 12.4 Å². The molecule has 1 saturated heterocycles. The van der Waals surface area contributed by atoms with Crippen molar-refractivity contribution in [2.45, 2.75) is 38.3 Å². The predicted molar refractivity (Wildman–Crippen MR) is 109 cm³/mol. The highest BCUT2D eigenvalue weighted by atomic mass is 19.4. The number of aryl methyl sites for hydroxylation is 1. The van der Waals surface area contributed by atoms with Crippen molar-refractivity contribution in [3.63, 3.8) is 0 Å². The van der Waals surface area contributed by atoms with E-state index in [9.17, 15) is 31.4 Å². The van der Waals surface area contributed by atoms with Gasteiger partial charge in [-0.3, -0.25) is 0 Å². The third-order valence-corrected chi connectivity index (χ3v) is 5.44. The van der Waals surface area contributed by atoms with E-state index in [1.165, 1.54) is 30.0 Å². The van der Waals surface area contributed by atoms with Crippen molar-refractivity contribution in [2.24, 2.45) is 0 Å². The molecule has 0 radical (unpaired) electrons. The van der Waals surface area contributed by atoms with Crippen LogP contribution < -0.4 is 10.2 Å². The third-order valence-electron chi connectivity index (χ3n) is 5.44. The number of alkyl halides is 6. The Kier molecular flexibility index (Phi) is 5.59. The standard InChI is InChI=1S/C21H19F6N5O/c1-10(12-4-3-5-13(6-12)20(22,23)24)28-19-15-7-16(32-8-14(33)9-32)18(21(25,26)27)29-17(15)11(2)30-31-19/h3-7,10,14,33H,8-9H2,1-2H3,(H,28,31)/t10-/m1/s1. The molecule has 0 amide bonds. The number of pyridine rings is 1. The smallest absolute Gasteiger partial charge is 0.389 e. The van der Waals surface area contributed by atoms with Gasteiger partial charge < -0.3 is 15.3 Å². The molecule has 2 N–H and O–H groups in total. The summed E-state index contributed by atoms with van der Waals surface area (Å²) in [5.74, 6) is 0.0871. The lowest BCUT2D eigenvalue weighted by atomic mass is 10.0. The number of rotatable bonds is 4. The molecule has 1 aromatic carbocycles. The second kappa shape index (κ2) is 8.01. The van der Waals surface area contributed by atoms with Crippen LogP contribution in [0.5, 0.6) is 0 Å². The number of fused-ring (bicyclic) bond motifs is 1. The van der Waals surface area contributed by atoms with Gasteiger partial charge in [-0.05, 0) is 37.6 Å². The molecule has 0 aliphatic carbocycles. The number of aliphatic hydroxyl groups is 1. The molecule has 33 heavy (non-hydrogen) atoms. The van der Waals surface area contributed by atoms with Crippen LogP contribution in [0.25, 0.3) is 10.9 Å². The average Bonchev–Trinajstić information content (AvgIpc) is 2.71. The van der Waals surface area contributed by atoms with Crippen LogP contribution in [0.15, 0.2) is 30.3 Å². The first-order valence-electron chi connectivity index (χ1n) is 9.96. The van der Waals surface area contributed by atoms with Crippen molar-refractivity contribution in [3.8, 4) is 0 Å². The lowest BCUT2D eigenvalue weighted by Gasteiger charge is -2.39. The lowest BCUT2D eigenvalue weighted by Crippen LogP contribution is -2.51. The largest absolute Gasteiger partial charge is 0.435 e. The minimum absolute atomic E-state index is 0.0250. The summed E-state index contributed by atoms with van der Waals surface area (Å²) in [7, 11) is 0. The summed E-state index contributed by atoms with van der Waals surface area (Å²) in [6, 6.07) is 5.34. The average molecular weight is 471 g/mol. The summed E-state index contributed by atoms with van der Waals surface area (Å²) in [6.45, 7) is 3.12. The molecule has 0 bridgehead atoms. The topological polar surface area (TPSA) is 74.2 Å². The predicted octanol–water partition coefficient (Wildman–Crippen LogP) is 4.72. The molecular weight excluding hydrogens is 452 g/mol. The Morgan fingerprint density at radius 2 is 1.76 bits per heavy atom. The normalized spacial score (nSPS) is 16.1. The van der Waals surface area contributed by atoms with E-state index < -0.39 is 35.8 Å². The summed E-state index contributed by atoms with van der Waals surface area (Å²) >= 11 is 0. The first-order valence-corrected chi connectivity index (χ1v) is 9.96. The molecule has 3 aromatic rings. The van der Waals surface area contributed by atoms with Crippen LogP contribution in [0.1, 0.15) is 35.5 Å². The van der Waals surface area contributed by atoms with Gasteiger partial charge in [0.2, 0.25) is 0 Å². The maximum Gasteiger partial charge on any atom is 0.435 e. The molecule has 6 nitrogen and oxygen atoms in total. The van der Waals surface area contributed by atoms with E-state index in [0.717, 1.165) is 12.1 Å². The second-order valence-electron chi connectivity index (χ2n) is 7.93. The van der Waals surface area contributed by atoms with Crippen LogP contribution in [0.4, 0.5) is 37.8 Å². The van der Waals surface area contributed by atoms with E-state index in [4.69, 9.17) is 0 Å². The van der Waals surface area contributed by atoms with Crippen LogP contribution >= 0.6 is 0 Å². The molecule has 1 aliphatic heterocycles. The van der Waals surface area contributed by atoms with E-state index >= 15 is 0 Å². The zero-order chi connectivity index (χ0) is 24.1. The molecule has 0 unspecified atom stereocenters. The fourth-order valence-corrected chi connectivity index (χ4v) is 3.67. The van der Waals surface area contributed by atoms with Crippen LogP contribution in [0.3, 0.4) is 0 Å². The number of hydrogen-bond acceptors (Lipinski definition) is 6. The van der Waals surface area contributed by atoms with Gasteiger partial charge in [-0.15, -0.1) is 5.10 Å². The Bertz CT molecular complexity index is 1190. The molecule has 1 atom stereocenters. The van der Waals surface area contributed by atoms with Gasteiger partial charge in [-0.2, -0.15) is 31.4 Å². The van der Waals surface area contributed by atoms with E-state index in [0.29, 0.717) is 5.56 Å². The number of nitrogens with zero attached hydrogens (tertiary/aromatic N) is 4. The zero-order valence-corrected chi connectivity index (χ0v) is 17.5. The quantitative estimate of drug-likeness (QED) is 0.537. The Morgan fingerprint density at radius 1 is 1.06 bits per heavy atom. The lowest BCUT2D eigenvalue weighted by molar-refractivity contribution is -0.140. The summed E-state index contributed by atoms with van der Waals surface area (Å²) in [4.78, 5) is 5.18. The Balaban J connectivity index is 1.77. The number of benzene rings is 1. The molecule has 1 fully saturated rings. The van der Waals surface area contributed by atoms with E-state index in [1.807, 2.05) is 0 Å². The molecule has 3 heterocycles. The third kappa shape index (κ3) is 4.52. The van der Waals surface area contributed by atoms with Crippen molar-refractivity contribution < 1.29 is 31.4 Å². The molecule has 0 spiro atoms. The van der Waals surface area contributed by atoms with Gasteiger partial charge in [0.25, 0.3) is 0 Å². The van der Waals surface area contributed by atoms with Gasteiger partial charge in [-0.25, -0.2) is 4.98 Å². The van der Waals surface area contributed by atoms with Crippen LogP contribution in [-0.4, -0.2) is 39.5 Å². The van der Waals surface area contributed by atoms with E-state index in [1.54, 1.807) is 6.92 Å². The van der Waals surface area contributed by atoms with Gasteiger partial charge in [-0.1, -0.05) is 12.1 Å². The first-order chi connectivity index (χ1) is 15.3. The Hall–Kier alpha value is -3.15. The molecule has 1 aliphatic rings. The number of halogens is 6. The number of aliphatic hydroxyl groups excluding tert-OH is 1. The summed E-state index contributed by atoms with van der Waals surface area (Å²) in [5, 5.41) is 20.6. The number of hydrogen-bond donors (Lipinski definition) is 2. The second-order valence-corrected chi connectivity index (χ2v) is 7.93. The van der Waals surface area contributed by atoms with E-state index in [-0.39, 0.29) is 41.2 Å². The number of β-amino-alcohol motifs (C(OH)–C–C–N with tert-alkyl or cyclic N) is 1. The molecule has 4 rings (SSSR count). The number of anilines is 2. The van der Waals surface area contributed by atoms with Crippen molar-refractivity contribution in [2.75, 3.05) is 23.3 Å². The Labute approximate surface area is 184 Å². The zero-order valence-electron chi connectivity index (χ0n) is 17.5. The fourth-order valence-electron chi connectivity index (χ4n) is 3.67. The molecule has 176 valence electrons. The van der Waals surface area contributed by atoms with Gasteiger partial charge >= 0.3 is 12.4 Å². The van der Waals surface area contributed by atoms with E-state index in [2.05, 4.69) is 20.5 Å². The fraction of sp³-hybridized carbons (Fsp3) is 0.381. The number of aromatic nitrogens is 3. The van der Waals surface area contributed by atoms with Crippen LogP contribution in [0.2, 0.25) is 0 Å². The maximum absolute atomic E-state index is 13.7. The highest BCUT2D eigenvalue weighted by molar-refractivity contribution is 5.93. The van der Waals surface area contributed by atoms with Crippen molar-refractivity contribution >= 4 is 22.4 Å². The van der Waals surface area contributed by atoms with Gasteiger partial charge in [0.15, 0.2) is 11.5 Å². The van der Waals surface area contributed by atoms with Gasteiger partial charge in [0, 0.05) is 18.5 Å². The molecule has 12 heteroatoms. The monoisotopic (exact) mass is 471 g/mol. The van der Waals surface area contributed by atoms with Crippen LogP contribution in [0, 0.1) is 6.92 Å². The summed E-state index contributed by atoms with van der Waals surface area (Å²) < 4.78 is 80.3. The highest BCUT2D eigenvalue weighted by Gasteiger charge is 2.40. The minimum Gasteiger partial charge on any atom is -0.389 e. The van der Waals surface area contributed by atoms with Gasteiger partial charge in [0.1, 0.15) is 0 Å². The summed E-state index contributed by atoms with van der Waals surface area (Å²) in [6.07, 6.45) is -9.99. The van der Waals surface area contributed by atoms with Crippen molar-refractivity contribution in [1.29, 1.82) is 0 Å². The molecular formula is C21H19F6N5O. The SMILES string of the molecule is Cc1nnc(N[C@H](C)c2cccc(C(F)(F)F)c2)c2cc(N3CC(O)C3)c(C(F)(F)F)nc12. The van der Waals surface area contributed by atoms with Crippen molar-refractivity contribution in [1.82, 2.24) is 15.2 Å². The van der Waals surface area contributed by atoms with Gasteiger partial charge in [0.05, 0.1) is 34.6 Å². The Morgan fingerprint density at radius 3 is 2.36 bits per heavy atom. The molecule has 0 saturated carbocycles. The number of nitrogens with one attached hydrogen (secondary N) is 1.